The first-order valence-corrected chi connectivity index (χ1v) is 8.30. The molecule has 1 N–H and O–H groups in total. The molecule has 0 aliphatic carbocycles. The summed E-state index contributed by atoms with van der Waals surface area (Å²) in [5, 5.41) is 9.09. The van der Waals surface area contributed by atoms with E-state index in [2.05, 4.69) is 0 Å². The Kier molecular flexibility index (Phi) is 4.47. The van der Waals surface area contributed by atoms with Gasteiger partial charge in [-0.25, -0.2) is 0 Å². The molecule has 0 amide bonds. The zero-order chi connectivity index (χ0) is 14.0. The third-order valence-electron chi connectivity index (χ3n) is 4.11. The fraction of sp³-hybridized carbons (Fsp3) is 0.917. The van der Waals surface area contributed by atoms with Gasteiger partial charge in [0.15, 0.2) is 0 Å². The molecule has 2 fully saturated rings. The molecular formula is C12H22N2O4S. The SMILES string of the molecule is C[C@@H]1CN(S(=O)(=O)N2CCCCCC2)C[C@H]1C(=O)O. The normalized spacial score (nSPS) is 31.2. The van der Waals surface area contributed by atoms with Crippen molar-refractivity contribution in [3.8, 4) is 0 Å². The molecule has 2 aliphatic rings. The third-order valence-corrected chi connectivity index (χ3v) is 6.08. The smallest absolute Gasteiger partial charge is 0.308 e. The molecule has 2 atom stereocenters. The van der Waals surface area contributed by atoms with E-state index in [0.29, 0.717) is 19.6 Å². The summed E-state index contributed by atoms with van der Waals surface area (Å²) in [7, 11) is -3.48. The van der Waals surface area contributed by atoms with E-state index in [-0.39, 0.29) is 12.5 Å². The standard InChI is InChI=1S/C12H22N2O4S/c1-10-8-14(9-11(10)12(15)16)19(17,18)13-6-4-2-3-5-7-13/h10-11H,2-9H2,1H3,(H,15,16)/t10-,11-/m1/s1. The molecule has 2 heterocycles. The van der Waals surface area contributed by atoms with Crippen molar-refractivity contribution in [3.63, 3.8) is 0 Å². The molecule has 0 unspecified atom stereocenters. The average molecular weight is 290 g/mol. The summed E-state index contributed by atoms with van der Waals surface area (Å²) in [6.07, 6.45) is 3.93. The number of rotatable bonds is 3. The summed E-state index contributed by atoms with van der Waals surface area (Å²) >= 11 is 0. The van der Waals surface area contributed by atoms with E-state index in [0.717, 1.165) is 25.7 Å². The van der Waals surface area contributed by atoms with Crippen LogP contribution in [0.3, 0.4) is 0 Å². The van der Waals surface area contributed by atoms with E-state index in [1.165, 1.54) is 8.61 Å². The largest absolute Gasteiger partial charge is 0.481 e. The maximum absolute atomic E-state index is 12.5. The summed E-state index contributed by atoms with van der Waals surface area (Å²) in [5.74, 6) is -1.61. The van der Waals surface area contributed by atoms with Crippen LogP contribution in [0.15, 0.2) is 0 Å². The maximum atomic E-state index is 12.5. The van der Waals surface area contributed by atoms with Gasteiger partial charge in [0.05, 0.1) is 5.92 Å². The van der Waals surface area contributed by atoms with E-state index in [1.54, 1.807) is 6.92 Å². The fourth-order valence-corrected chi connectivity index (χ4v) is 4.69. The summed E-state index contributed by atoms with van der Waals surface area (Å²) in [5.41, 5.74) is 0. The molecule has 0 aromatic heterocycles. The van der Waals surface area contributed by atoms with Crippen LogP contribution in [-0.2, 0) is 15.0 Å². The van der Waals surface area contributed by atoms with Crippen LogP contribution in [0.4, 0.5) is 0 Å². The quantitative estimate of drug-likeness (QED) is 0.832. The molecule has 2 saturated heterocycles. The third kappa shape index (κ3) is 3.09. The lowest BCUT2D eigenvalue weighted by Crippen LogP contribution is -2.43. The van der Waals surface area contributed by atoms with Crippen LogP contribution in [0, 0.1) is 11.8 Å². The van der Waals surface area contributed by atoms with Crippen LogP contribution in [0.2, 0.25) is 0 Å². The molecule has 110 valence electrons. The van der Waals surface area contributed by atoms with Crippen molar-refractivity contribution < 1.29 is 18.3 Å². The summed E-state index contributed by atoms with van der Waals surface area (Å²) in [6.45, 7) is 3.35. The van der Waals surface area contributed by atoms with Crippen LogP contribution in [0.5, 0.6) is 0 Å². The number of carbonyl (C=O) groups is 1. The Hall–Kier alpha value is -0.660. The van der Waals surface area contributed by atoms with Gasteiger partial charge < -0.3 is 5.11 Å². The van der Waals surface area contributed by atoms with Crippen molar-refractivity contribution in [2.45, 2.75) is 32.6 Å². The number of nitrogens with zero attached hydrogens (tertiary/aromatic N) is 2. The van der Waals surface area contributed by atoms with E-state index in [4.69, 9.17) is 5.11 Å². The Morgan fingerprint density at radius 1 is 1.05 bits per heavy atom. The van der Waals surface area contributed by atoms with Crippen LogP contribution >= 0.6 is 0 Å². The summed E-state index contributed by atoms with van der Waals surface area (Å²) < 4.78 is 27.9. The van der Waals surface area contributed by atoms with Crippen LogP contribution < -0.4 is 0 Å². The highest BCUT2D eigenvalue weighted by Crippen LogP contribution is 2.27. The first kappa shape index (κ1) is 14.7. The van der Waals surface area contributed by atoms with Crippen molar-refractivity contribution in [3.05, 3.63) is 0 Å². The molecule has 2 rings (SSSR count). The van der Waals surface area contributed by atoms with Gasteiger partial charge in [-0.2, -0.15) is 17.0 Å². The second kappa shape index (κ2) is 5.76. The van der Waals surface area contributed by atoms with Crippen molar-refractivity contribution in [2.24, 2.45) is 11.8 Å². The van der Waals surface area contributed by atoms with Crippen molar-refractivity contribution in [1.82, 2.24) is 8.61 Å². The topological polar surface area (TPSA) is 77.9 Å². The Morgan fingerprint density at radius 2 is 1.63 bits per heavy atom. The van der Waals surface area contributed by atoms with Crippen LogP contribution in [0.1, 0.15) is 32.6 Å². The fourth-order valence-electron chi connectivity index (χ4n) is 2.87. The Bertz CT molecular complexity index is 429. The zero-order valence-corrected chi connectivity index (χ0v) is 12.1. The molecule has 0 spiro atoms. The minimum absolute atomic E-state index is 0.106. The predicted molar refractivity (Wildman–Crippen MR) is 70.8 cm³/mol. The molecule has 0 saturated carbocycles. The van der Waals surface area contributed by atoms with Crippen molar-refractivity contribution in [2.75, 3.05) is 26.2 Å². The maximum Gasteiger partial charge on any atom is 0.308 e. The van der Waals surface area contributed by atoms with Gasteiger partial charge in [-0.3, -0.25) is 4.79 Å². The molecule has 2 aliphatic heterocycles. The number of hydrogen-bond donors (Lipinski definition) is 1. The number of carboxylic acids is 1. The molecule has 7 heteroatoms. The van der Waals surface area contributed by atoms with E-state index < -0.39 is 22.1 Å². The van der Waals surface area contributed by atoms with Crippen LogP contribution in [-0.4, -0.2) is 54.3 Å². The van der Waals surface area contributed by atoms with Gasteiger partial charge in [-0.05, 0) is 18.8 Å². The first-order chi connectivity index (χ1) is 8.93. The minimum Gasteiger partial charge on any atom is -0.481 e. The van der Waals surface area contributed by atoms with E-state index in [9.17, 15) is 13.2 Å². The molecule has 19 heavy (non-hydrogen) atoms. The van der Waals surface area contributed by atoms with Gasteiger partial charge in [0, 0.05) is 26.2 Å². The summed E-state index contributed by atoms with van der Waals surface area (Å²) in [6, 6.07) is 0. The molecule has 0 aromatic rings. The van der Waals surface area contributed by atoms with Gasteiger partial charge in [0.1, 0.15) is 0 Å². The number of aliphatic carboxylic acids is 1. The summed E-state index contributed by atoms with van der Waals surface area (Å²) in [4.78, 5) is 11.1. The minimum atomic E-state index is -3.48. The first-order valence-electron chi connectivity index (χ1n) is 6.91. The second-order valence-electron chi connectivity index (χ2n) is 5.56. The van der Waals surface area contributed by atoms with Gasteiger partial charge in [0.25, 0.3) is 10.2 Å². The number of carboxylic acid groups (broad SMARTS) is 1. The average Bonchev–Trinajstić information content (AvgIpc) is 2.58. The van der Waals surface area contributed by atoms with Gasteiger partial charge in [-0.15, -0.1) is 0 Å². The molecular weight excluding hydrogens is 268 g/mol. The lowest BCUT2D eigenvalue weighted by atomic mass is 9.99. The van der Waals surface area contributed by atoms with E-state index in [1.807, 2.05) is 0 Å². The molecule has 0 aromatic carbocycles. The monoisotopic (exact) mass is 290 g/mol. The highest BCUT2D eigenvalue weighted by molar-refractivity contribution is 7.86. The lowest BCUT2D eigenvalue weighted by Gasteiger charge is -2.26. The molecule has 6 nitrogen and oxygen atoms in total. The van der Waals surface area contributed by atoms with Gasteiger partial charge in [-0.1, -0.05) is 19.8 Å². The lowest BCUT2D eigenvalue weighted by molar-refractivity contribution is -0.142. The van der Waals surface area contributed by atoms with Gasteiger partial charge in [0.2, 0.25) is 0 Å². The van der Waals surface area contributed by atoms with Crippen LogP contribution in [0.25, 0.3) is 0 Å². The Labute approximate surface area is 114 Å². The van der Waals surface area contributed by atoms with Crippen molar-refractivity contribution in [1.29, 1.82) is 0 Å². The van der Waals surface area contributed by atoms with E-state index >= 15 is 0 Å². The number of hydrogen-bond acceptors (Lipinski definition) is 3. The van der Waals surface area contributed by atoms with Gasteiger partial charge >= 0.3 is 5.97 Å². The zero-order valence-electron chi connectivity index (χ0n) is 11.3. The highest BCUT2D eigenvalue weighted by Gasteiger charge is 2.42. The Balaban J connectivity index is 2.10. The highest BCUT2D eigenvalue weighted by atomic mass is 32.2. The second-order valence-corrected chi connectivity index (χ2v) is 7.49. The predicted octanol–water partition coefficient (Wildman–Crippen LogP) is 0.760. The molecule has 0 radical (unpaired) electrons. The van der Waals surface area contributed by atoms with Crippen molar-refractivity contribution >= 4 is 16.2 Å². The molecule has 0 bridgehead atoms. The Morgan fingerprint density at radius 3 is 2.11 bits per heavy atom.